The van der Waals surface area contributed by atoms with Gasteiger partial charge in [0.25, 0.3) is 11.8 Å². The normalized spacial score (nSPS) is 10.8. The molecule has 3 heterocycles. The average molecular weight is 431 g/mol. The zero-order chi connectivity index (χ0) is 22.8. The van der Waals surface area contributed by atoms with Crippen LogP contribution in [0.4, 0.5) is 5.82 Å². The maximum atomic E-state index is 12.8. The largest absolute Gasteiger partial charge is 0.461 e. The van der Waals surface area contributed by atoms with Crippen molar-refractivity contribution in [3.8, 4) is 11.6 Å². The predicted molar refractivity (Wildman–Crippen MR) is 118 cm³/mol. The number of carbonyl (C=O) groups excluding carboxylic acids is 2. The van der Waals surface area contributed by atoms with Crippen molar-refractivity contribution in [3.63, 3.8) is 0 Å². The highest BCUT2D eigenvalue weighted by molar-refractivity contribution is 6.06. The second-order valence-electron chi connectivity index (χ2n) is 7.46. The second kappa shape index (κ2) is 8.46. The fourth-order valence-corrected chi connectivity index (χ4v) is 3.00. The van der Waals surface area contributed by atoms with Gasteiger partial charge in [0.05, 0.1) is 17.8 Å². The average Bonchev–Trinajstić information content (AvgIpc) is 3.15. The molecule has 4 rings (SSSR count). The van der Waals surface area contributed by atoms with E-state index >= 15 is 0 Å². The number of ether oxygens (including phenoxy) is 1. The molecule has 0 atom stereocenters. The number of aryl methyl sites for hydroxylation is 2. The summed E-state index contributed by atoms with van der Waals surface area (Å²) in [5, 5.41) is 3.44. The summed E-state index contributed by atoms with van der Waals surface area (Å²) in [6, 6.07) is 8.64. The monoisotopic (exact) mass is 431 g/mol. The molecule has 1 N–H and O–H groups in total. The molecule has 0 spiro atoms. The Bertz CT molecular complexity index is 1290. The summed E-state index contributed by atoms with van der Waals surface area (Å²) in [6.45, 7) is 3.72. The van der Waals surface area contributed by atoms with Crippen LogP contribution in [0.2, 0.25) is 0 Å². The number of benzene rings is 1. The van der Waals surface area contributed by atoms with Gasteiger partial charge in [-0.2, -0.15) is 0 Å². The van der Waals surface area contributed by atoms with Crippen molar-refractivity contribution < 1.29 is 18.7 Å². The molecule has 0 aliphatic rings. The summed E-state index contributed by atoms with van der Waals surface area (Å²) in [5.74, 6) is 1.03. The molecule has 0 saturated heterocycles. The Balaban J connectivity index is 1.64. The molecule has 0 saturated carbocycles. The number of anilines is 1. The zero-order valence-electron chi connectivity index (χ0n) is 18.0. The molecule has 162 valence electrons. The van der Waals surface area contributed by atoms with Gasteiger partial charge in [0.2, 0.25) is 5.88 Å². The standard InChI is InChI=1S/C23H21N5O4/c1-13-5-6-20(25-10-13)27-22(29)15-8-18-16(7-14(2)31-18)19(9-15)32-21-12-24-17(11-26-21)23(30)28(3)4/h5-12H,1-4H3,(H,25,27,29). The van der Waals surface area contributed by atoms with Crippen LogP contribution in [0.3, 0.4) is 0 Å². The van der Waals surface area contributed by atoms with E-state index in [4.69, 9.17) is 9.15 Å². The SMILES string of the molecule is Cc1ccc(NC(=O)c2cc(Oc3cnc(C(=O)N(C)C)cn3)c3cc(C)oc3c2)nc1. The van der Waals surface area contributed by atoms with Crippen LogP contribution in [-0.2, 0) is 0 Å². The van der Waals surface area contributed by atoms with Crippen molar-refractivity contribution in [3.05, 3.63) is 71.5 Å². The van der Waals surface area contributed by atoms with Crippen LogP contribution >= 0.6 is 0 Å². The molecule has 9 heteroatoms. The Labute approximate surface area is 184 Å². The molecule has 1 aromatic carbocycles. The van der Waals surface area contributed by atoms with Gasteiger partial charge in [0.1, 0.15) is 28.6 Å². The number of nitrogens with zero attached hydrogens (tertiary/aromatic N) is 4. The third-order valence-electron chi connectivity index (χ3n) is 4.61. The van der Waals surface area contributed by atoms with Crippen molar-refractivity contribution >= 4 is 28.6 Å². The summed E-state index contributed by atoms with van der Waals surface area (Å²) in [5.41, 5.74) is 2.02. The third-order valence-corrected chi connectivity index (χ3v) is 4.61. The molecular weight excluding hydrogens is 410 g/mol. The highest BCUT2D eigenvalue weighted by Crippen LogP contribution is 2.33. The van der Waals surface area contributed by atoms with Crippen LogP contribution in [0.15, 0.2) is 53.3 Å². The van der Waals surface area contributed by atoms with Gasteiger partial charge in [0.15, 0.2) is 0 Å². The van der Waals surface area contributed by atoms with Gasteiger partial charge >= 0.3 is 0 Å². The summed E-state index contributed by atoms with van der Waals surface area (Å²) in [4.78, 5) is 38.7. The van der Waals surface area contributed by atoms with E-state index in [1.165, 1.54) is 17.3 Å². The Kier molecular flexibility index (Phi) is 5.55. The minimum atomic E-state index is -0.361. The predicted octanol–water partition coefficient (Wildman–Crippen LogP) is 3.98. The third kappa shape index (κ3) is 4.41. The molecule has 0 aliphatic heterocycles. The van der Waals surface area contributed by atoms with E-state index in [0.717, 1.165) is 5.56 Å². The van der Waals surface area contributed by atoms with Crippen LogP contribution < -0.4 is 10.1 Å². The number of carbonyl (C=O) groups is 2. The Morgan fingerprint density at radius 3 is 2.47 bits per heavy atom. The van der Waals surface area contributed by atoms with Crippen molar-refractivity contribution in [1.29, 1.82) is 0 Å². The lowest BCUT2D eigenvalue weighted by molar-refractivity contribution is 0.0821. The Morgan fingerprint density at radius 2 is 1.81 bits per heavy atom. The Morgan fingerprint density at radius 1 is 1.00 bits per heavy atom. The first-order chi connectivity index (χ1) is 15.3. The number of nitrogens with one attached hydrogen (secondary N) is 1. The van der Waals surface area contributed by atoms with Gasteiger partial charge < -0.3 is 19.4 Å². The minimum absolute atomic E-state index is 0.179. The number of furan rings is 1. The summed E-state index contributed by atoms with van der Waals surface area (Å²) >= 11 is 0. The van der Waals surface area contributed by atoms with Crippen LogP contribution in [0.5, 0.6) is 11.6 Å². The summed E-state index contributed by atoms with van der Waals surface area (Å²) in [6.07, 6.45) is 4.38. The molecule has 3 aromatic heterocycles. The fourth-order valence-electron chi connectivity index (χ4n) is 3.00. The molecule has 0 aliphatic carbocycles. The lowest BCUT2D eigenvalue weighted by Gasteiger charge is -2.11. The van der Waals surface area contributed by atoms with Gasteiger partial charge in [0, 0.05) is 25.9 Å². The topological polar surface area (TPSA) is 110 Å². The maximum absolute atomic E-state index is 12.8. The van der Waals surface area contributed by atoms with Crippen LogP contribution in [0.1, 0.15) is 32.2 Å². The van der Waals surface area contributed by atoms with E-state index in [1.807, 2.05) is 19.1 Å². The molecule has 2 amide bonds. The van der Waals surface area contributed by atoms with E-state index in [1.54, 1.807) is 45.4 Å². The molecular formula is C23H21N5O4. The number of hydrogen-bond acceptors (Lipinski definition) is 7. The first-order valence-electron chi connectivity index (χ1n) is 9.80. The van der Waals surface area contributed by atoms with Crippen molar-refractivity contribution in [2.24, 2.45) is 0 Å². The number of hydrogen-bond donors (Lipinski definition) is 1. The van der Waals surface area contributed by atoms with Gasteiger partial charge in [-0.1, -0.05) is 6.07 Å². The zero-order valence-corrected chi connectivity index (χ0v) is 18.0. The number of amides is 2. The maximum Gasteiger partial charge on any atom is 0.273 e. The molecule has 0 fully saturated rings. The molecule has 0 radical (unpaired) electrons. The molecule has 32 heavy (non-hydrogen) atoms. The number of rotatable bonds is 5. The summed E-state index contributed by atoms with van der Waals surface area (Å²) in [7, 11) is 3.27. The van der Waals surface area contributed by atoms with Crippen LogP contribution in [0, 0.1) is 13.8 Å². The first kappa shape index (κ1) is 21.0. The van der Waals surface area contributed by atoms with Crippen LogP contribution in [-0.4, -0.2) is 45.8 Å². The number of pyridine rings is 1. The molecule has 0 bridgehead atoms. The van der Waals surface area contributed by atoms with Crippen molar-refractivity contribution in [2.45, 2.75) is 13.8 Å². The number of aromatic nitrogens is 3. The smallest absolute Gasteiger partial charge is 0.273 e. The van der Waals surface area contributed by atoms with Gasteiger partial charge in [-0.15, -0.1) is 0 Å². The van der Waals surface area contributed by atoms with Crippen LogP contribution in [0.25, 0.3) is 11.0 Å². The van der Waals surface area contributed by atoms with Gasteiger partial charge in [-0.25, -0.2) is 15.0 Å². The van der Waals surface area contributed by atoms with Gasteiger partial charge in [-0.05, 0) is 43.7 Å². The lowest BCUT2D eigenvalue weighted by atomic mass is 10.1. The minimum Gasteiger partial charge on any atom is -0.461 e. The summed E-state index contributed by atoms with van der Waals surface area (Å²) < 4.78 is 11.6. The second-order valence-corrected chi connectivity index (χ2v) is 7.46. The van der Waals surface area contributed by atoms with Crippen molar-refractivity contribution in [1.82, 2.24) is 19.9 Å². The van der Waals surface area contributed by atoms with E-state index in [-0.39, 0.29) is 23.4 Å². The number of fused-ring (bicyclic) bond motifs is 1. The van der Waals surface area contributed by atoms with E-state index < -0.39 is 0 Å². The fraction of sp³-hybridized carbons (Fsp3) is 0.174. The highest BCUT2D eigenvalue weighted by Gasteiger charge is 2.17. The Hall–Kier alpha value is -4.27. The molecule has 4 aromatic rings. The van der Waals surface area contributed by atoms with Gasteiger partial charge in [-0.3, -0.25) is 9.59 Å². The highest BCUT2D eigenvalue weighted by atomic mass is 16.5. The molecule has 9 nitrogen and oxygen atoms in total. The van der Waals surface area contributed by atoms with Crippen molar-refractivity contribution in [2.75, 3.05) is 19.4 Å². The first-order valence-corrected chi connectivity index (χ1v) is 9.80. The van der Waals surface area contributed by atoms with E-state index in [0.29, 0.717) is 33.9 Å². The van der Waals surface area contributed by atoms with E-state index in [9.17, 15) is 9.59 Å². The quantitative estimate of drug-likeness (QED) is 0.509. The van der Waals surface area contributed by atoms with E-state index in [2.05, 4.69) is 20.3 Å². The molecule has 0 unspecified atom stereocenters. The lowest BCUT2D eigenvalue weighted by Crippen LogP contribution is -2.22.